The van der Waals surface area contributed by atoms with Gasteiger partial charge in [0, 0.05) is 17.2 Å². The number of aromatic nitrogens is 2. The third-order valence-electron chi connectivity index (χ3n) is 7.41. The molecule has 4 aromatic rings. The molecular weight excluding hydrogens is 548 g/mol. The fourth-order valence-electron chi connectivity index (χ4n) is 5.11. The summed E-state index contributed by atoms with van der Waals surface area (Å²) in [6.07, 6.45) is 0.793. The van der Waals surface area contributed by atoms with Gasteiger partial charge in [-0.2, -0.15) is 5.10 Å². The maximum Gasteiger partial charge on any atom is 0.240 e. The molecule has 0 spiro atoms. The largest absolute Gasteiger partial charge is 0.493 e. The van der Waals surface area contributed by atoms with Crippen LogP contribution in [0.2, 0.25) is 0 Å². The van der Waals surface area contributed by atoms with Gasteiger partial charge < -0.3 is 14.8 Å². The van der Waals surface area contributed by atoms with Gasteiger partial charge in [0.15, 0.2) is 11.5 Å². The maximum atomic E-state index is 13.9. The lowest BCUT2D eigenvalue weighted by atomic mass is 9.99. The van der Waals surface area contributed by atoms with Crippen LogP contribution in [-0.4, -0.2) is 54.2 Å². The number of anilines is 1. The number of hydrogen-bond acceptors (Lipinski definition) is 6. The van der Waals surface area contributed by atoms with Crippen molar-refractivity contribution in [1.82, 2.24) is 15.1 Å². The Hall–Kier alpha value is -4.24. The Balaban J connectivity index is 1.79. The van der Waals surface area contributed by atoms with E-state index in [0.29, 0.717) is 17.3 Å². The number of fused-ring (bicyclic) bond motifs is 1. The minimum absolute atomic E-state index is 0.00509. The van der Waals surface area contributed by atoms with Crippen molar-refractivity contribution in [3.05, 3.63) is 89.5 Å². The molecule has 218 valence electrons. The van der Waals surface area contributed by atoms with E-state index < -0.39 is 0 Å². The molecule has 0 radical (unpaired) electrons. The summed E-state index contributed by atoms with van der Waals surface area (Å²) in [4.78, 5) is 28.8. The lowest BCUT2D eigenvalue weighted by molar-refractivity contribution is -0.123. The average molecular weight is 585 g/mol. The number of nitrogens with zero attached hydrogens (tertiary/aromatic N) is 3. The van der Waals surface area contributed by atoms with Crippen molar-refractivity contribution in [3.63, 3.8) is 0 Å². The first kappa shape index (κ1) is 29.3. The Morgan fingerprint density at radius 1 is 1.05 bits per heavy atom. The van der Waals surface area contributed by atoms with Crippen LogP contribution in [0.15, 0.2) is 72.8 Å². The summed E-state index contributed by atoms with van der Waals surface area (Å²) in [6.45, 7) is 5.89. The van der Waals surface area contributed by atoms with Crippen LogP contribution in [0.3, 0.4) is 0 Å². The number of aryl methyl sites for hydroxylation is 1. The van der Waals surface area contributed by atoms with E-state index in [9.17, 15) is 9.59 Å². The minimum Gasteiger partial charge on any atom is -0.493 e. The first-order chi connectivity index (χ1) is 20.3. The molecule has 1 N–H and O–H groups in total. The first-order valence-corrected chi connectivity index (χ1v) is 15.1. The Labute approximate surface area is 251 Å². The molecule has 8 nitrogen and oxygen atoms in total. The zero-order chi connectivity index (χ0) is 29.8. The van der Waals surface area contributed by atoms with Crippen molar-refractivity contribution in [1.29, 1.82) is 0 Å². The van der Waals surface area contributed by atoms with Crippen molar-refractivity contribution in [2.75, 3.05) is 31.4 Å². The maximum absolute atomic E-state index is 13.9. The van der Waals surface area contributed by atoms with E-state index >= 15 is 0 Å². The second-order valence-corrected chi connectivity index (χ2v) is 11.5. The number of nitrogens with one attached hydrogen (secondary N) is 1. The summed E-state index contributed by atoms with van der Waals surface area (Å²) in [5, 5.41) is 7.91. The minimum atomic E-state index is -0.278. The van der Waals surface area contributed by atoms with Gasteiger partial charge in [0.2, 0.25) is 11.8 Å². The predicted molar refractivity (Wildman–Crippen MR) is 168 cm³/mol. The molecule has 1 aromatic heterocycles. The molecule has 0 saturated carbocycles. The van der Waals surface area contributed by atoms with Crippen LogP contribution in [0.4, 0.5) is 5.82 Å². The monoisotopic (exact) mass is 584 g/mol. The van der Waals surface area contributed by atoms with Crippen LogP contribution in [-0.2, 0) is 9.59 Å². The number of carbonyl (C=O) groups is 2. The Kier molecular flexibility index (Phi) is 8.87. The van der Waals surface area contributed by atoms with Crippen LogP contribution >= 0.6 is 11.8 Å². The van der Waals surface area contributed by atoms with Crippen molar-refractivity contribution in [2.45, 2.75) is 38.5 Å². The van der Waals surface area contributed by atoms with Crippen LogP contribution in [0.25, 0.3) is 16.9 Å². The highest BCUT2D eigenvalue weighted by Crippen LogP contribution is 2.49. The number of hydrogen-bond donors (Lipinski definition) is 1. The van der Waals surface area contributed by atoms with E-state index in [1.807, 2.05) is 98.2 Å². The molecule has 0 bridgehead atoms. The van der Waals surface area contributed by atoms with Gasteiger partial charge in [-0.1, -0.05) is 55.5 Å². The van der Waals surface area contributed by atoms with Crippen molar-refractivity contribution in [3.8, 4) is 28.4 Å². The molecule has 0 saturated heterocycles. The molecule has 0 unspecified atom stereocenters. The highest BCUT2D eigenvalue weighted by atomic mass is 32.2. The van der Waals surface area contributed by atoms with Gasteiger partial charge in [0.05, 0.1) is 36.6 Å². The third-order valence-corrected chi connectivity index (χ3v) is 8.67. The fourth-order valence-corrected chi connectivity index (χ4v) is 6.30. The van der Waals surface area contributed by atoms with Crippen LogP contribution < -0.4 is 19.7 Å². The lowest BCUT2D eigenvalue weighted by Gasteiger charge is -2.24. The van der Waals surface area contributed by atoms with Crippen molar-refractivity contribution >= 4 is 29.4 Å². The summed E-state index contributed by atoms with van der Waals surface area (Å²) in [7, 11) is 3.22. The Morgan fingerprint density at radius 2 is 1.81 bits per heavy atom. The lowest BCUT2D eigenvalue weighted by Crippen LogP contribution is -2.44. The van der Waals surface area contributed by atoms with Crippen LogP contribution in [0.5, 0.6) is 11.5 Å². The van der Waals surface area contributed by atoms with E-state index in [0.717, 1.165) is 40.1 Å². The molecule has 3 aromatic carbocycles. The molecule has 2 heterocycles. The van der Waals surface area contributed by atoms with E-state index in [2.05, 4.69) is 5.32 Å². The van der Waals surface area contributed by atoms with Crippen LogP contribution in [0, 0.1) is 6.92 Å². The number of carbonyl (C=O) groups excluding carboxylic acids is 2. The van der Waals surface area contributed by atoms with Gasteiger partial charge in [0.25, 0.3) is 0 Å². The molecular formula is C33H36N4O4S. The molecule has 2 amide bonds. The molecule has 1 aliphatic rings. The predicted octanol–water partition coefficient (Wildman–Crippen LogP) is 5.95. The number of amides is 2. The zero-order valence-electron chi connectivity index (χ0n) is 24.6. The summed E-state index contributed by atoms with van der Waals surface area (Å²) in [6, 6.07) is 23.8. The molecule has 0 fully saturated rings. The number of thioether (sulfide) groups is 1. The van der Waals surface area contributed by atoms with E-state index in [-0.39, 0.29) is 35.4 Å². The average Bonchev–Trinajstić information content (AvgIpc) is 3.33. The second-order valence-electron chi connectivity index (χ2n) is 10.4. The molecule has 5 rings (SSSR count). The highest BCUT2D eigenvalue weighted by Gasteiger charge is 2.38. The molecule has 1 aliphatic heterocycles. The second kappa shape index (κ2) is 12.7. The first-order valence-electron chi connectivity index (χ1n) is 14.0. The van der Waals surface area contributed by atoms with E-state index in [1.54, 1.807) is 19.1 Å². The van der Waals surface area contributed by atoms with Crippen molar-refractivity contribution < 1.29 is 19.1 Å². The van der Waals surface area contributed by atoms with Gasteiger partial charge in [-0.05, 0) is 55.7 Å². The number of methoxy groups -OCH3 is 2. The molecule has 9 heteroatoms. The smallest absolute Gasteiger partial charge is 0.240 e. The molecule has 0 aliphatic carbocycles. The summed E-state index contributed by atoms with van der Waals surface area (Å²) in [5.41, 5.74) is 5.35. The quantitative estimate of drug-likeness (QED) is 0.262. The Morgan fingerprint density at radius 3 is 2.50 bits per heavy atom. The third kappa shape index (κ3) is 5.87. The highest BCUT2D eigenvalue weighted by molar-refractivity contribution is 8.00. The normalized spacial score (nSPS) is 15.5. The fraction of sp³-hybridized carbons (Fsp3) is 0.303. The summed E-state index contributed by atoms with van der Waals surface area (Å²) in [5.74, 6) is 1.64. The number of benzene rings is 3. The standard InChI is InChI=1S/C33H36N4O4S/c1-6-22(3)34-28(38)19-36-29(39)20-42-32(24-15-16-26(40-4)27(18-24)41-5)30-31(23-12-8-7-9-13-23)35-37(33(30)36)25-14-10-11-21(2)17-25/h7-18,22,32H,6,19-20H2,1-5H3,(H,34,38)/t22-,32-/m0/s1. The number of rotatable bonds is 9. The summed E-state index contributed by atoms with van der Waals surface area (Å²) < 4.78 is 13.0. The van der Waals surface area contributed by atoms with Gasteiger partial charge >= 0.3 is 0 Å². The van der Waals surface area contributed by atoms with Crippen molar-refractivity contribution in [2.24, 2.45) is 0 Å². The van der Waals surface area contributed by atoms with Gasteiger partial charge in [-0.15, -0.1) is 11.8 Å². The molecule has 2 atom stereocenters. The Bertz CT molecular complexity index is 1590. The van der Waals surface area contributed by atoms with E-state index in [1.165, 1.54) is 11.8 Å². The van der Waals surface area contributed by atoms with E-state index in [4.69, 9.17) is 14.6 Å². The zero-order valence-corrected chi connectivity index (χ0v) is 25.4. The van der Waals surface area contributed by atoms with Crippen LogP contribution in [0.1, 0.15) is 42.2 Å². The SMILES string of the molecule is CC[C@H](C)NC(=O)CN1C(=O)CS[C@@H](c2ccc(OC)c(OC)c2)c2c(-c3ccccc3)nn(-c3cccc(C)c3)c21. The summed E-state index contributed by atoms with van der Waals surface area (Å²) >= 11 is 1.52. The number of ether oxygens (including phenoxy) is 2. The van der Waals surface area contributed by atoms with Gasteiger partial charge in [-0.3, -0.25) is 14.5 Å². The molecule has 42 heavy (non-hydrogen) atoms. The van der Waals surface area contributed by atoms with Gasteiger partial charge in [-0.25, -0.2) is 4.68 Å². The van der Waals surface area contributed by atoms with Gasteiger partial charge in [0.1, 0.15) is 12.4 Å². The topological polar surface area (TPSA) is 85.7 Å².